The summed E-state index contributed by atoms with van der Waals surface area (Å²) in [5.41, 5.74) is 3.04. The van der Waals surface area contributed by atoms with E-state index in [1.807, 2.05) is 18.2 Å². The van der Waals surface area contributed by atoms with Crippen LogP contribution in [-0.4, -0.2) is 15.4 Å². The minimum Gasteiger partial charge on any atom is -0.296 e. The topological polar surface area (TPSA) is 17.8 Å². The lowest BCUT2D eigenvalue weighted by Crippen LogP contribution is -2.02. The van der Waals surface area contributed by atoms with Crippen LogP contribution in [0.5, 0.6) is 0 Å². The van der Waals surface area contributed by atoms with E-state index in [0.717, 1.165) is 29.0 Å². The summed E-state index contributed by atoms with van der Waals surface area (Å²) in [4.78, 5) is 4.65. The normalized spacial score (nSPS) is 11.2. The Hall–Kier alpha value is -0.780. The van der Waals surface area contributed by atoms with E-state index in [4.69, 9.17) is 23.2 Å². The highest BCUT2D eigenvalue weighted by atomic mass is 127. The molecule has 3 rings (SSSR count). The molecule has 0 saturated heterocycles. The maximum absolute atomic E-state index is 6.05. The van der Waals surface area contributed by atoms with E-state index in [0.29, 0.717) is 10.9 Å². The Morgan fingerprint density at radius 1 is 1.10 bits per heavy atom. The number of benzene rings is 2. The van der Waals surface area contributed by atoms with Crippen molar-refractivity contribution in [3.8, 4) is 5.69 Å². The first-order chi connectivity index (χ1) is 9.69. The molecule has 0 aliphatic carbocycles. The predicted molar refractivity (Wildman–Crippen MR) is 93.2 cm³/mol. The van der Waals surface area contributed by atoms with Crippen molar-refractivity contribution < 1.29 is 0 Å². The van der Waals surface area contributed by atoms with E-state index in [2.05, 4.69) is 56.4 Å². The van der Waals surface area contributed by atoms with Crippen LogP contribution in [0, 0.1) is 3.57 Å². The lowest BCUT2D eigenvalue weighted by atomic mass is 10.2. The maximum Gasteiger partial charge on any atom is 0.115 e. The number of hydrogen-bond acceptors (Lipinski definition) is 1. The fourth-order valence-corrected chi connectivity index (χ4v) is 2.93. The van der Waals surface area contributed by atoms with Gasteiger partial charge in [-0.15, -0.1) is 11.6 Å². The average Bonchev–Trinajstić information content (AvgIpc) is 2.77. The first kappa shape index (κ1) is 14.2. The smallest absolute Gasteiger partial charge is 0.115 e. The molecule has 0 aliphatic rings. The fourth-order valence-electron chi connectivity index (χ4n) is 2.23. The largest absolute Gasteiger partial charge is 0.296 e. The van der Waals surface area contributed by atoms with Crippen LogP contribution < -0.4 is 0 Å². The van der Waals surface area contributed by atoms with Crippen molar-refractivity contribution in [2.45, 2.75) is 6.42 Å². The Kier molecular flexibility index (Phi) is 4.19. The molecule has 0 radical (unpaired) electrons. The molecule has 20 heavy (non-hydrogen) atoms. The summed E-state index contributed by atoms with van der Waals surface area (Å²) >= 11 is 14.2. The van der Waals surface area contributed by atoms with E-state index in [1.54, 1.807) is 0 Å². The van der Waals surface area contributed by atoms with E-state index in [9.17, 15) is 0 Å². The highest BCUT2D eigenvalue weighted by Crippen LogP contribution is 2.25. The highest BCUT2D eigenvalue weighted by Gasteiger charge is 2.12. The van der Waals surface area contributed by atoms with Gasteiger partial charge in [-0.25, -0.2) is 4.98 Å². The Morgan fingerprint density at radius 3 is 2.55 bits per heavy atom. The third-order valence-electron chi connectivity index (χ3n) is 3.09. The van der Waals surface area contributed by atoms with Crippen LogP contribution in [0.3, 0.4) is 0 Å². The Balaban J connectivity index is 2.25. The predicted octanol–water partition coefficient (Wildman–Crippen LogP) is 5.06. The van der Waals surface area contributed by atoms with Crippen molar-refractivity contribution in [2.24, 2.45) is 0 Å². The molecule has 1 aromatic heterocycles. The summed E-state index contributed by atoms with van der Waals surface area (Å²) in [6.45, 7) is 0. The molecule has 0 amide bonds. The van der Waals surface area contributed by atoms with Gasteiger partial charge >= 0.3 is 0 Å². The van der Waals surface area contributed by atoms with Crippen LogP contribution in [0.4, 0.5) is 0 Å². The molecule has 1 heterocycles. The maximum atomic E-state index is 6.05. The van der Waals surface area contributed by atoms with Gasteiger partial charge in [-0.2, -0.15) is 0 Å². The molecule has 5 heteroatoms. The summed E-state index contributed by atoms with van der Waals surface area (Å²) in [6, 6.07) is 14.1. The second-order valence-electron chi connectivity index (χ2n) is 4.41. The molecular formula is C15H11Cl2IN2. The van der Waals surface area contributed by atoms with Gasteiger partial charge in [0.25, 0.3) is 0 Å². The molecule has 3 aromatic rings. The molecule has 0 atom stereocenters. The van der Waals surface area contributed by atoms with E-state index < -0.39 is 0 Å². The van der Waals surface area contributed by atoms with Crippen molar-refractivity contribution in [3.63, 3.8) is 0 Å². The summed E-state index contributed by atoms with van der Waals surface area (Å²) in [6.07, 6.45) is 0.722. The molecule has 2 nitrogen and oxygen atoms in total. The number of halogens is 3. The summed E-state index contributed by atoms with van der Waals surface area (Å²) in [7, 11) is 0. The second-order valence-corrected chi connectivity index (χ2v) is 6.47. The van der Waals surface area contributed by atoms with Gasteiger partial charge in [-0.05, 0) is 65.1 Å². The first-order valence-corrected chi connectivity index (χ1v) is 8.17. The third-order valence-corrected chi connectivity index (χ3v) is 4.23. The van der Waals surface area contributed by atoms with Gasteiger partial charge in [0.05, 0.1) is 11.0 Å². The second kappa shape index (κ2) is 5.92. The van der Waals surface area contributed by atoms with Crippen LogP contribution in [0.25, 0.3) is 16.7 Å². The van der Waals surface area contributed by atoms with Gasteiger partial charge in [0.2, 0.25) is 0 Å². The number of hydrogen-bond donors (Lipinski definition) is 0. The molecule has 102 valence electrons. The van der Waals surface area contributed by atoms with Crippen LogP contribution in [0.15, 0.2) is 42.5 Å². The number of nitrogens with zero attached hydrogens (tertiary/aromatic N) is 2. The lowest BCUT2D eigenvalue weighted by Gasteiger charge is -2.08. The number of fused-ring (bicyclic) bond motifs is 1. The molecule has 0 unspecified atom stereocenters. The zero-order valence-electron chi connectivity index (χ0n) is 10.5. The molecule has 0 fully saturated rings. The molecule has 0 N–H and O–H groups in total. The fraction of sp³-hybridized carbons (Fsp3) is 0.133. The molecule has 0 saturated carbocycles. The molecule has 0 bridgehead atoms. The lowest BCUT2D eigenvalue weighted by molar-refractivity contribution is 0.912. The SMILES string of the molecule is ClCCc1nc2cc(Cl)ccc2n1-c1ccc(I)cc1. The minimum absolute atomic E-state index is 0.543. The Bertz CT molecular complexity index is 750. The van der Waals surface area contributed by atoms with Crippen molar-refractivity contribution in [1.29, 1.82) is 0 Å². The van der Waals surface area contributed by atoms with E-state index in [-0.39, 0.29) is 0 Å². The van der Waals surface area contributed by atoms with Gasteiger partial charge in [-0.3, -0.25) is 4.57 Å². The Morgan fingerprint density at radius 2 is 1.85 bits per heavy atom. The summed E-state index contributed by atoms with van der Waals surface area (Å²) in [5.74, 6) is 1.50. The highest BCUT2D eigenvalue weighted by molar-refractivity contribution is 14.1. The number of imidazole rings is 1. The standard InChI is InChI=1S/C15H11Cl2IN2/c16-8-7-15-19-13-9-10(17)1-6-14(13)20(15)12-4-2-11(18)3-5-12/h1-6,9H,7-8H2. The van der Waals surface area contributed by atoms with Gasteiger partial charge in [0, 0.05) is 26.6 Å². The number of alkyl halides is 1. The van der Waals surface area contributed by atoms with Crippen molar-refractivity contribution in [3.05, 3.63) is 56.9 Å². The average molecular weight is 417 g/mol. The van der Waals surface area contributed by atoms with Gasteiger partial charge in [0.15, 0.2) is 0 Å². The van der Waals surface area contributed by atoms with Crippen LogP contribution in [0.1, 0.15) is 5.82 Å². The molecule has 0 spiro atoms. The van der Waals surface area contributed by atoms with Gasteiger partial charge < -0.3 is 0 Å². The molecule has 0 aliphatic heterocycles. The van der Waals surface area contributed by atoms with Crippen LogP contribution in [0.2, 0.25) is 5.02 Å². The third kappa shape index (κ3) is 2.67. The quantitative estimate of drug-likeness (QED) is 0.430. The van der Waals surface area contributed by atoms with Gasteiger partial charge in [0.1, 0.15) is 5.82 Å². The van der Waals surface area contributed by atoms with E-state index in [1.165, 1.54) is 3.57 Å². The molecular weight excluding hydrogens is 406 g/mol. The minimum atomic E-state index is 0.543. The van der Waals surface area contributed by atoms with Gasteiger partial charge in [-0.1, -0.05) is 11.6 Å². The Labute approximate surface area is 140 Å². The zero-order chi connectivity index (χ0) is 14.1. The van der Waals surface area contributed by atoms with Crippen molar-refractivity contribution in [1.82, 2.24) is 9.55 Å². The van der Waals surface area contributed by atoms with Crippen LogP contribution >= 0.6 is 45.8 Å². The number of aromatic nitrogens is 2. The first-order valence-electron chi connectivity index (χ1n) is 6.18. The van der Waals surface area contributed by atoms with Crippen molar-refractivity contribution in [2.75, 3.05) is 5.88 Å². The number of rotatable bonds is 3. The number of aryl methyl sites for hydroxylation is 1. The zero-order valence-corrected chi connectivity index (χ0v) is 14.2. The van der Waals surface area contributed by atoms with Crippen LogP contribution in [-0.2, 0) is 6.42 Å². The molecule has 2 aromatic carbocycles. The van der Waals surface area contributed by atoms with E-state index >= 15 is 0 Å². The summed E-state index contributed by atoms with van der Waals surface area (Å²) in [5, 5.41) is 0.696. The van der Waals surface area contributed by atoms with Crippen molar-refractivity contribution >= 4 is 56.8 Å². The summed E-state index contributed by atoms with van der Waals surface area (Å²) < 4.78 is 3.35. The monoisotopic (exact) mass is 416 g/mol.